The lowest BCUT2D eigenvalue weighted by Crippen LogP contribution is -2.00. The Morgan fingerprint density at radius 2 is 2.08 bits per heavy atom. The van der Waals surface area contributed by atoms with Crippen molar-refractivity contribution in [2.24, 2.45) is 0 Å². The molecule has 0 unspecified atom stereocenters. The van der Waals surface area contributed by atoms with Crippen LogP contribution in [0.25, 0.3) is 22.5 Å². The molecule has 0 bridgehead atoms. The van der Waals surface area contributed by atoms with Crippen LogP contribution in [0.5, 0.6) is 5.75 Å². The third-order valence-electron chi connectivity index (χ3n) is 3.70. The van der Waals surface area contributed by atoms with Crippen LogP contribution in [0.1, 0.15) is 11.3 Å². The molecule has 0 amide bonds. The van der Waals surface area contributed by atoms with E-state index in [0.717, 1.165) is 10.9 Å². The van der Waals surface area contributed by atoms with E-state index in [1.807, 2.05) is 6.92 Å². The fourth-order valence-corrected chi connectivity index (χ4v) is 2.71. The second-order valence-electron chi connectivity index (χ2n) is 5.48. The average molecular weight is 358 g/mol. The van der Waals surface area contributed by atoms with Crippen LogP contribution in [0.3, 0.4) is 0 Å². The van der Waals surface area contributed by atoms with E-state index in [4.69, 9.17) is 29.7 Å². The van der Waals surface area contributed by atoms with Crippen molar-refractivity contribution in [1.29, 1.82) is 0 Å². The molecule has 0 aliphatic carbocycles. The van der Waals surface area contributed by atoms with Crippen LogP contribution in [0, 0.1) is 6.92 Å². The standard InChI is InChI=1S/C18H12ClNO5/c1-10-5-18(21)24-15-8-16(13(19)7-12(10)15)23-9-11-6-17(25-20-11)14-3-2-4-22-14/h2-8H,9H2,1H3. The summed E-state index contributed by atoms with van der Waals surface area (Å²) >= 11 is 6.26. The summed E-state index contributed by atoms with van der Waals surface area (Å²) in [6.45, 7) is 1.97. The first-order valence-electron chi connectivity index (χ1n) is 7.46. The van der Waals surface area contributed by atoms with E-state index in [2.05, 4.69) is 5.16 Å². The number of rotatable bonds is 4. The molecule has 25 heavy (non-hydrogen) atoms. The molecule has 4 rings (SSSR count). The van der Waals surface area contributed by atoms with Crippen molar-refractivity contribution in [2.75, 3.05) is 0 Å². The van der Waals surface area contributed by atoms with E-state index in [-0.39, 0.29) is 6.61 Å². The predicted molar refractivity (Wildman–Crippen MR) is 90.8 cm³/mol. The highest BCUT2D eigenvalue weighted by Crippen LogP contribution is 2.31. The van der Waals surface area contributed by atoms with Crippen LogP contribution in [0.2, 0.25) is 5.02 Å². The quantitative estimate of drug-likeness (QED) is 0.497. The minimum Gasteiger partial charge on any atom is -0.485 e. The van der Waals surface area contributed by atoms with E-state index in [1.165, 1.54) is 6.07 Å². The van der Waals surface area contributed by atoms with E-state index in [9.17, 15) is 4.79 Å². The topological polar surface area (TPSA) is 78.6 Å². The number of furan rings is 1. The SMILES string of the molecule is Cc1cc(=O)oc2cc(OCc3cc(-c4ccco4)on3)c(Cl)cc12. The minimum absolute atomic E-state index is 0.144. The third-order valence-corrected chi connectivity index (χ3v) is 4.00. The molecule has 4 aromatic rings. The predicted octanol–water partition coefficient (Wildman–Crippen LogP) is 4.58. The molecule has 3 heterocycles. The smallest absolute Gasteiger partial charge is 0.336 e. The Kier molecular flexibility index (Phi) is 3.82. The summed E-state index contributed by atoms with van der Waals surface area (Å²) in [5.41, 5.74) is 1.37. The summed E-state index contributed by atoms with van der Waals surface area (Å²) in [7, 11) is 0. The zero-order valence-corrected chi connectivity index (χ0v) is 13.9. The Bertz CT molecular complexity index is 1090. The molecule has 126 valence electrons. The molecule has 0 aliphatic rings. The average Bonchev–Trinajstić information content (AvgIpc) is 3.25. The van der Waals surface area contributed by atoms with Gasteiger partial charge in [-0.15, -0.1) is 0 Å². The second-order valence-corrected chi connectivity index (χ2v) is 5.88. The van der Waals surface area contributed by atoms with Crippen molar-refractivity contribution < 1.29 is 18.1 Å². The van der Waals surface area contributed by atoms with Gasteiger partial charge in [-0.2, -0.15) is 0 Å². The van der Waals surface area contributed by atoms with E-state index < -0.39 is 5.63 Å². The van der Waals surface area contributed by atoms with Gasteiger partial charge < -0.3 is 18.1 Å². The van der Waals surface area contributed by atoms with Gasteiger partial charge in [0.2, 0.25) is 5.76 Å². The minimum atomic E-state index is -0.419. The largest absolute Gasteiger partial charge is 0.485 e. The summed E-state index contributed by atoms with van der Waals surface area (Å²) < 4.78 is 21.4. The summed E-state index contributed by atoms with van der Waals surface area (Å²) in [4.78, 5) is 11.5. The second kappa shape index (κ2) is 6.14. The van der Waals surface area contributed by atoms with Gasteiger partial charge in [0, 0.05) is 23.6 Å². The molecule has 0 saturated carbocycles. The lowest BCUT2D eigenvalue weighted by atomic mass is 10.1. The van der Waals surface area contributed by atoms with Gasteiger partial charge in [-0.25, -0.2) is 4.79 Å². The van der Waals surface area contributed by atoms with Gasteiger partial charge in [0.15, 0.2) is 5.76 Å². The molecule has 0 saturated heterocycles. The molecular formula is C18H12ClNO5. The number of aromatic nitrogens is 1. The molecule has 0 radical (unpaired) electrons. The normalized spacial score (nSPS) is 11.1. The van der Waals surface area contributed by atoms with Crippen LogP contribution in [0.4, 0.5) is 0 Å². The first-order valence-corrected chi connectivity index (χ1v) is 7.84. The zero-order chi connectivity index (χ0) is 17.4. The van der Waals surface area contributed by atoms with E-state index >= 15 is 0 Å². The summed E-state index contributed by atoms with van der Waals surface area (Å²) in [5.74, 6) is 1.49. The van der Waals surface area contributed by atoms with Crippen LogP contribution in [-0.2, 0) is 6.61 Å². The number of fused-ring (bicyclic) bond motifs is 1. The number of hydrogen-bond donors (Lipinski definition) is 0. The van der Waals surface area contributed by atoms with Gasteiger partial charge in [0.25, 0.3) is 0 Å². The number of aryl methyl sites for hydroxylation is 1. The number of nitrogens with zero attached hydrogens (tertiary/aromatic N) is 1. The number of hydrogen-bond acceptors (Lipinski definition) is 6. The molecule has 0 atom stereocenters. The lowest BCUT2D eigenvalue weighted by Gasteiger charge is -2.08. The molecule has 1 aromatic carbocycles. The van der Waals surface area contributed by atoms with Crippen molar-refractivity contribution in [1.82, 2.24) is 5.16 Å². The molecule has 0 spiro atoms. The Morgan fingerprint density at radius 1 is 1.20 bits per heavy atom. The summed E-state index contributed by atoms with van der Waals surface area (Å²) in [6.07, 6.45) is 1.55. The van der Waals surface area contributed by atoms with Crippen molar-refractivity contribution >= 4 is 22.6 Å². The van der Waals surface area contributed by atoms with Gasteiger partial charge in [-0.1, -0.05) is 16.8 Å². The first kappa shape index (κ1) is 15.5. The van der Waals surface area contributed by atoms with Gasteiger partial charge in [-0.05, 0) is 30.7 Å². The molecule has 0 N–H and O–H groups in total. The van der Waals surface area contributed by atoms with Crippen LogP contribution in [-0.4, -0.2) is 5.16 Å². The van der Waals surface area contributed by atoms with Crippen LogP contribution >= 0.6 is 11.6 Å². The number of benzene rings is 1. The maximum atomic E-state index is 11.5. The van der Waals surface area contributed by atoms with Crippen molar-refractivity contribution in [3.05, 3.63) is 69.4 Å². The Hall–Kier alpha value is -2.99. The Balaban J connectivity index is 1.59. The molecule has 3 aromatic heterocycles. The molecular weight excluding hydrogens is 346 g/mol. The van der Waals surface area contributed by atoms with Gasteiger partial charge in [-0.3, -0.25) is 0 Å². The molecule has 7 heteroatoms. The van der Waals surface area contributed by atoms with Crippen molar-refractivity contribution in [3.63, 3.8) is 0 Å². The number of ether oxygens (including phenoxy) is 1. The molecule has 6 nitrogen and oxygen atoms in total. The fourth-order valence-electron chi connectivity index (χ4n) is 2.50. The Morgan fingerprint density at radius 3 is 2.88 bits per heavy atom. The van der Waals surface area contributed by atoms with Crippen molar-refractivity contribution in [3.8, 4) is 17.3 Å². The van der Waals surface area contributed by atoms with Crippen LogP contribution in [0.15, 0.2) is 60.8 Å². The highest BCUT2D eigenvalue weighted by atomic mass is 35.5. The molecule has 0 fully saturated rings. The van der Waals surface area contributed by atoms with Gasteiger partial charge in [0.1, 0.15) is 23.6 Å². The maximum Gasteiger partial charge on any atom is 0.336 e. The van der Waals surface area contributed by atoms with Crippen LogP contribution < -0.4 is 10.4 Å². The Labute approximate surface area is 146 Å². The highest BCUT2D eigenvalue weighted by molar-refractivity contribution is 6.32. The fraction of sp³-hybridized carbons (Fsp3) is 0.111. The maximum absolute atomic E-state index is 11.5. The monoisotopic (exact) mass is 357 g/mol. The summed E-state index contributed by atoms with van der Waals surface area (Å²) in [5, 5.41) is 5.11. The third kappa shape index (κ3) is 3.04. The van der Waals surface area contributed by atoms with Gasteiger partial charge in [0.05, 0.1) is 11.3 Å². The highest BCUT2D eigenvalue weighted by Gasteiger charge is 2.12. The van der Waals surface area contributed by atoms with Crippen molar-refractivity contribution in [2.45, 2.75) is 13.5 Å². The van der Waals surface area contributed by atoms with E-state index in [1.54, 1.807) is 36.6 Å². The van der Waals surface area contributed by atoms with E-state index in [0.29, 0.717) is 33.6 Å². The van der Waals surface area contributed by atoms with Gasteiger partial charge >= 0.3 is 5.63 Å². The number of halogens is 1. The molecule has 0 aliphatic heterocycles. The lowest BCUT2D eigenvalue weighted by molar-refractivity contribution is 0.289. The summed E-state index contributed by atoms with van der Waals surface area (Å²) in [6, 6.07) is 9.98. The first-order chi connectivity index (χ1) is 12.1. The zero-order valence-electron chi connectivity index (χ0n) is 13.1.